The molecule has 1 N–H and O–H groups in total. The zero-order valence-corrected chi connectivity index (χ0v) is 22.7. The van der Waals surface area contributed by atoms with E-state index in [1.807, 2.05) is 58.0 Å². The van der Waals surface area contributed by atoms with Crippen LogP contribution in [-0.4, -0.2) is 68.2 Å². The maximum absolute atomic E-state index is 13.7. The van der Waals surface area contributed by atoms with Crippen LogP contribution in [0.2, 0.25) is 0 Å². The Labute approximate surface area is 214 Å². The molecule has 8 nitrogen and oxygen atoms in total. The highest BCUT2D eigenvalue weighted by Gasteiger charge is 2.34. The summed E-state index contributed by atoms with van der Waals surface area (Å²) in [6.07, 6.45) is 0.836. The van der Waals surface area contributed by atoms with Crippen molar-refractivity contribution in [3.8, 4) is 0 Å². The number of halogens is 1. The van der Waals surface area contributed by atoms with Gasteiger partial charge >= 0.3 is 10.2 Å². The molecule has 0 heterocycles. The number of carbonyl (C=O) groups is 2. The number of nitrogens with zero attached hydrogens (tertiary/aromatic N) is 3. The van der Waals surface area contributed by atoms with Crippen molar-refractivity contribution in [3.05, 3.63) is 66.0 Å². The van der Waals surface area contributed by atoms with Crippen molar-refractivity contribution in [1.82, 2.24) is 14.5 Å². The van der Waals surface area contributed by atoms with Gasteiger partial charge in [0.2, 0.25) is 11.8 Å². The van der Waals surface area contributed by atoms with Crippen LogP contribution in [0.25, 0.3) is 0 Å². The number of rotatable bonds is 11. The van der Waals surface area contributed by atoms with Crippen LogP contribution < -0.4 is 9.62 Å². The van der Waals surface area contributed by atoms with Crippen LogP contribution in [0.5, 0.6) is 0 Å². The Kier molecular flexibility index (Phi) is 10.0. The molecule has 2 rings (SSSR count). The van der Waals surface area contributed by atoms with Gasteiger partial charge in [0, 0.05) is 26.2 Å². The summed E-state index contributed by atoms with van der Waals surface area (Å²) in [7, 11) is -1.37. The molecule has 2 aromatic rings. The molecule has 10 heteroatoms. The second-order valence-electron chi connectivity index (χ2n) is 9.76. The van der Waals surface area contributed by atoms with Gasteiger partial charge in [-0.05, 0) is 63.4 Å². The van der Waals surface area contributed by atoms with Crippen molar-refractivity contribution in [2.75, 3.05) is 31.5 Å². The topological polar surface area (TPSA) is 90.0 Å². The second-order valence-corrected chi connectivity index (χ2v) is 11.8. The van der Waals surface area contributed by atoms with Gasteiger partial charge in [-0.1, -0.05) is 37.3 Å². The Morgan fingerprint density at radius 1 is 1.00 bits per heavy atom. The molecule has 198 valence electrons. The van der Waals surface area contributed by atoms with Gasteiger partial charge in [-0.3, -0.25) is 9.59 Å². The monoisotopic (exact) mass is 520 g/mol. The molecule has 36 heavy (non-hydrogen) atoms. The standard InChI is InChI=1S/C26H37FN4O4S/c1-7-23(25(33)28-26(2,3)4)30(18-17-20-11-9-8-10-12-20)24(32)19-31(36(34,35)29(5)6)22-15-13-21(27)14-16-22/h8-16,23H,7,17-19H2,1-6H3,(H,28,33)/t23-/m1/s1. The van der Waals surface area contributed by atoms with Crippen molar-refractivity contribution >= 4 is 27.7 Å². The fraction of sp³-hybridized carbons (Fsp3) is 0.462. The van der Waals surface area contributed by atoms with Crippen LogP contribution in [0.15, 0.2) is 54.6 Å². The lowest BCUT2D eigenvalue weighted by Crippen LogP contribution is -2.56. The Bertz CT molecular complexity index is 1120. The van der Waals surface area contributed by atoms with Gasteiger partial charge in [-0.15, -0.1) is 0 Å². The third kappa shape index (κ3) is 8.03. The van der Waals surface area contributed by atoms with E-state index in [1.54, 1.807) is 0 Å². The number of hydrogen-bond acceptors (Lipinski definition) is 4. The van der Waals surface area contributed by atoms with E-state index in [0.29, 0.717) is 12.8 Å². The predicted octanol–water partition coefficient (Wildman–Crippen LogP) is 3.20. The van der Waals surface area contributed by atoms with E-state index >= 15 is 0 Å². The lowest BCUT2D eigenvalue weighted by molar-refractivity contribution is -0.140. The Hall–Kier alpha value is -2.98. The Morgan fingerprint density at radius 2 is 1.58 bits per heavy atom. The summed E-state index contributed by atoms with van der Waals surface area (Å²) >= 11 is 0. The third-order valence-electron chi connectivity index (χ3n) is 5.50. The molecule has 0 aliphatic rings. The van der Waals surface area contributed by atoms with Crippen molar-refractivity contribution in [3.63, 3.8) is 0 Å². The van der Waals surface area contributed by atoms with Gasteiger partial charge in [0.25, 0.3) is 0 Å². The van der Waals surface area contributed by atoms with E-state index in [4.69, 9.17) is 0 Å². The van der Waals surface area contributed by atoms with Crippen molar-refractivity contribution in [2.24, 2.45) is 0 Å². The first-order valence-electron chi connectivity index (χ1n) is 11.9. The van der Waals surface area contributed by atoms with E-state index in [-0.39, 0.29) is 18.1 Å². The number of nitrogens with one attached hydrogen (secondary N) is 1. The minimum Gasteiger partial charge on any atom is -0.350 e. The fourth-order valence-corrected chi connectivity index (χ4v) is 4.73. The minimum atomic E-state index is -4.09. The molecule has 2 amide bonds. The van der Waals surface area contributed by atoms with E-state index in [0.717, 1.165) is 26.3 Å². The van der Waals surface area contributed by atoms with Gasteiger partial charge in [0.1, 0.15) is 18.4 Å². The fourth-order valence-electron chi connectivity index (χ4n) is 3.67. The molecule has 2 aromatic carbocycles. The number of anilines is 1. The molecule has 0 saturated heterocycles. The van der Waals surface area contributed by atoms with Crippen LogP contribution in [0.3, 0.4) is 0 Å². The minimum absolute atomic E-state index is 0.147. The maximum Gasteiger partial charge on any atom is 0.304 e. The summed E-state index contributed by atoms with van der Waals surface area (Å²) < 4.78 is 41.7. The third-order valence-corrected chi connectivity index (χ3v) is 7.32. The first-order valence-corrected chi connectivity index (χ1v) is 13.3. The van der Waals surface area contributed by atoms with Gasteiger partial charge in [0.05, 0.1) is 5.69 Å². The predicted molar refractivity (Wildman–Crippen MR) is 140 cm³/mol. The molecule has 0 aromatic heterocycles. The highest BCUT2D eigenvalue weighted by molar-refractivity contribution is 7.90. The Morgan fingerprint density at radius 3 is 2.08 bits per heavy atom. The van der Waals surface area contributed by atoms with Crippen LogP contribution in [-0.2, 0) is 26.2 Å². The number of hydrogen-bond donors (Lipinski definition) is 1. The Balaban J connectivity index is 2.44. The van der Waals surface area contributed by atoms with Crippen LogP contribution >= 0.6 is 0 Å². The highest BCUT2D eigenvalue weighted by atomic mass is 32.2. The average molecular weight is 521 g/mol. The normalized spacial score (nSPS) is 12.8. The average Bonchev–Trinajstić information content (AvgIpc) is 2.80. The lowest BCUT2D eigenvalue weighted by atomic mass is 10.1. The van der Waals surface area contributed by atoms with Crippen molar-refractivity contribution in [1.29, 1.82) is 0 Å². The van der Waals surface area contributed by atoms with Gasteiger partial charge in [-0.2, -0.15) is 12.7 Å². The van der Waals surface area contributed by atoms with Gasteiger partial charge < -0.3 is 10.2 Å². The molecule has 0 radical (unpaired) electrons. The van der Waals surface area contributed by atoms with E-state index < -0.39 is 40.1 Å². The highest BCUT2D eigenvalue weighted by Crippen LogP contribution is 2.21. The molecule has 0 bridgehead atoms. The van der Waals surface area contributed by atoms with Gasteiger partial charge in [-0.25, -0.2) is 8.70 Å². The molecule has 1 atom stereocenters. The summed E-state index contributed by atoms with van der Waals surface area (Å²) in [5.41, 5.74) is 0.624. The molecular formula is C26H37FN4O4S. The summed E-state index contributed by atoms with van der Waals surface area (Å²) in [5, 5.41) is 2.93. The number of carbonyl (C=O) groups excluding carboxylic acids is 2. The summed E-state index contributed by atoms with van der Waals surface area (Å²) in [4.78, 5) is 28.3. The first kappa shape index (κ1) is 29.3. The number of benzene rings is 2. The molecular weight excluding hydrogens is 483 g/mol. The quantitative estimate of drug-likeness (QED) is 0.493. The zero-order chi connectivity index (χ0) is 27.1. The van der Waals surface area contributed by atoms with Crippen LogP contribution in [0.4, 0.5) is 10.1 Å². The largest absolute Gasteiger partial charge is 0.350 e. The van der Waals surface area contributed by atoms with Crippen LogP contribution in [0, 0.1) is 5.82 Å². The van der Waals surface area contributed by atoms with E-state index in [2.05, 4.69) is 5.32 Å². The summed E-state index contributed by atoms with van der Waals surface area (Å²) in [6, 6.07) is 13.6. The number of amides is 2. The molecule has 0 aliphatic carbocycles. The summed E-state index contributed by atoms with van der Waals surface area (Å²) in [5.74, 6) is -1.37. The first-order chi connectivity index (χ1) is 16.8. The molecule has 0 spiro atoms. The van der Waals surface area contributed by atoms with E-state index in [1.165, 1.54) is 31.1 Å². The maximum atomic E-state index is 13.7. The van der Waals surface area contributed by atoms with Crippen LogP contribution in [0.1, 0.15) is 39.7 Å². The lowest BCUT2D eigenvalue weighted by Gasteiger charge is -2.35. The molecule has 0 unspecified atom stereocenters. The summed E-state index contributed by atoms with van der Waals surface area (Å²) in [6.45, 7) is 7.05. The van der Waals surface area contributed by atoms with Crippen molar-refractivity contribution < 1.29 is 22.4 Å². The molecule has 0 aliphatic heterocycles. The van der Waals surface area contributed by atoms with Crippen molar-refractivity contribution in [2.45, 2.75) is 52.1 Å². The van der Waals surface area contributed by atoms with E-state index in [9.17, 15) is 22.4 Å². The zero-order valence-electron chi connectivity index (χ0n) is 21.9. The smallest absolute Gasteiger partial charge is 0.304 e. The second kappa shape index (κ2) is 12.3. The molecule has 0 fully saturated rings. The van der Waals surface area contributed by atoms with Gasteiger partial charge in [0.15, 0.2) is 0 Å². The SMILES string of the molecule is CC[C@H](C(=O)NC(C)(C)C)N(CCc1ccccc1)C(=O)CN(c1ccc(F)cc1)S(=O)(=O)N(C)C. The molecule has 0 saturated carbocycles.